The highest BCUT2D eigenvalue weighted by Crippen LogP contribution is 2.42. The number of nitrogens with zero attached hydrogens (tertiary/aromatic N) is 2. The van der Waals surface area contributed by atoms with E-state index in [1.165, 1.54) is 19.1 Å². The average molecular weight is 455 g/mol. The van der Waals surface area contributed by atoms with Gasteiger partial charge in [-0.2, -0.15) is 0 Å². The number of aliphatic hydroxyl groups is 1. The van der Waals surface area contributed by atoms with Gasteiger partial charge in [-0.15, -0.1) is 0 Å². The first-order valence-electron chi connectivity index (χ1n) is 10.6. The lowest BCUT2D eigenvalue weighted by Crippen LogP contribution is -2.32. The van der Waals surface area contributed by atoms with Crippen molar-refractivity contribution in [2.24, 2.45) is 0 Å². The fourth-order valence-electron chi connectivity index (χ4n) is 3.94. The molecule has 0 bridgehead atoms. The van der Waals surface area contributed by atoms with E-state index in [0.717, 1.165) is 6.54 Å². The van der Waals surface area contributed by atoms with Gasteiger partial charge in [-0.05, 0) is 69.0 Å². The SMILES string of the molecule is COc1ccc(/C(O)=C2\C(=O)C(=O)N(CCCN(C)C)C2c2ccc(OC)c(OC)c2)cc1. The van der Waals surface area contributed by atoms with Gasteiger partial charge in [-0.3, -0.25) is 9.59 Å². The van der Waals surface area contributed by atoms with Crippen LogP contribution in [0.1, 0.15) is 23.6 Å². The van der Waals surface area contributed by atoms with Crippen LogP contribution in [0.3, 0.4) is 0 Å². The summed E-state index contributed by atoms with van der Waals surface area (Å²) in [7, 11) is 8.50. The summed E-state index contributed by atoms with van der Waals surface area (Å²) in [5.41, 5.74) is 1.11. The fraction of sp³-hybridized carbons (Fsp3) is 0.360. The lowest BCUT2D eigenvalue weighted by Gasteiger charge is -2.26. The highest BCUT2D eigenvalue weighted by molar-refractivity contribution is 6.46. The number of hydrogen-bond donors (Lipinski definition) is 1. The maximum absolute atomic E-state index is 13.1. The summed E-state index contributed by atoms with van der Waals surface area (Å²) in [6.45, 7) is 1.11. The van der Waals surface area contributed by atoms with Crippen LogP contribution in [0.25, 0.3) is 5.76 Å². The summed E-state index contributed by atoms with van der Waals surface area (Å²) >= 11 is 0. The number of hydrogen-bond acceptors (Lipinski definition) is 7. The Morgan fingerprint density at radius 2 is 1.64 bits per heavy atom. The second kappa shape index (κ2) is 10.4. The first kappa shape index (κ1) is 24.1. The lowest BCUT2D eigenvalue weighted by molar-refractivity contribution is -0.139. The number of likely N-dealkylation sites (tertiary alicyclic amines) is 1. The first-order chi connectivity index (χ1) is 15.8. The van der Waals surface area contributed by atoms with Gasteiger partial charge in [0.1, 0.15) is 11.5 Å². The monoisotopic (exact) mass is 454 g/mol. The molecule has 1 saturated heterocycles. The van der Waals surface area contributed by atoms with E-state index in [-0.39, 0.29) is 11.3 Å². The highest BCUT2D eigenvalue weighted by Gasteiger charge is 2.46. The molecule has 1 heterocycles. The fourth-order valence-corrected chi connectivity index (χ4v) is 3.94. The summed E-state index contributed by atoms with van der Waals surface area (Å²) in [6.07, 6.45) is 0.673. The van der Waals surface area contributed by atoms with Gasteiger partial charge >= 0.3 is 0 Å². The molecule has 0 aliphatic carbocycles. The third-order valence-electron chi connectivity index (χ3n) is 5.63. The van der Waals surface area contributed by atoms with Crippen molar-refractivity contribution in [1.82, 2.24) is 9.80 Å². The van der Waals surface area contributed by atoms with Crippen molar-refractivity contribution >= 4 is 17.4 Å². The summed E-state index contributed by atoms with van der Waals surface area (Å²) in [4.78, 5) is 29.7. The maximum Gasteiger partial charge on any atom is 0.295 e. The molecule has 0 saturated carbocycles. The van der Waals surface area contributed by atoms with E-state index >= 15 is 0 Å². The van der Waals surface area contributed by atoms with Crippen LogP contribution in [-0.2, 0) is 9.59 Å². The molecule has 1 N–H and O–H groups in total. The number of methoxy groups -OCH3 is 3. The van der Waals surface area contributed by atoms with Crippen LogP contribution in [0.15, 0.2) is 48.0 Å². The molecular weight excluding hydrogens is 424 g/mol. The summed E-state index contributed by atoms with van der Waals surface area (Å²) in [5, 5.41) is 11.1. The van der Waals surface area contributed by atoms with Crippen LogP contribution in [0.5, 0.6) is 17.2 Å². The molecule has 1 atom stereocenters. The van der Waals surface area contributed by atoms with Gasteiger partial charge in [-0.25, -0.2) is 0 Å². The molecule has 2 aromatic rings. The van der Waals surface area contributed by atoms with Crippen LogP contribution >= 0.6 is 0 Å². The van der Waals surface area contributed by atoms with Crippen LogP contribution in [0, 0.1) is 0 Å². The molecule has 1 amide bonds. The number of Topliss-reactive ketones (excluding diaryl/α,β-unsaturated/α-hetero) is 1. The van der Waals surface area contributed by atoms with E-state index < -0.39 is 17.7 Å². The summed E-state index contributed by atoms with van der Waals surface area (Å²) in [5.74, 6) is 0.0360. The number of ketones is 1. The Morgan fingerprint density at radius 1 is 0.970 bits per heavy atom. The largest absolute Gasteiger partial charge is 0.507 e. The molecule has 0 spiro atoms. The second-order valence-electron chi connectivity index (χ2n) is 7.99. The Bertz CT molecular complexity index is 1050. The van der Waals surface area contributed by atoms with Gasteiger partial charge < -0.3 is 29.1 Å². The van der Waals surface area contributed by atoms with Crippen molar-refractivity contribution < 1.29 is 28.9 Å². The average Bonchev–Trinajstić information content (AvgIpc) is 3.08. The molecular formula is C25H30N2O6. The van der Waals surface area contributed by atoms with Gasteiger partial charge in [0.15, 0.2) is 11.5 Å². The maximum atomic E-state index is 13.1. The Balaban J connectivity index is 2.12. The molecule has 33 heavy (non-hydrogen) atoms. The predicted molar refractivity (Wildman–Crippen MR) is 125 cm³/mol. The Morgan fingerprint density at radius 3 is 2.21 bits per heavy atom. The van der Waals surface area contributed by atoms with E-state index in [1.54, 1.807) is 49.6 Å². The topological polar surface area (TPSA) is 88.5 Å². The third-order valence-corrected chi connectivity index (χ3v) is 5.63. The molecule has 1 aliphatic rings. The van der Waals surface area contributed by atoms with E-state index in [1.807, 2.05) is 19.0 Å². The predicted octanol–water partition coefficient (Wildman–Crippen LogP) is 3.09. The number of carbonyl (C=O) groups is 2. The Labute approximate surface area is 194 Å². The minimum Gasteiger partial charge on any atom is -0.507 e. The van der Waals surface area contributed by atoms with E-state index in [2.05, 4.69) is 0 Å². The molecule has 1 aliphatic heterocycles. The molecule has 1 fully saturated rings. The zero-order valence-electron chi connectivity index (χ0n) is 19.6. The van der Waals surface area contributed by atoms with Gasteiger partial charge in [-0.1, -0.05) is 6.07 Å². The second-order valence-corrected chi connectivity index (χ2v) is 7.99. The zero-order valence-corrected chi connectivity index (χ0v) is 19.6. The summed E-state index contributed by atoms with van der Waals surface area (Å²) in [6, 6.07) is 11.2. The Kier molecular flexibility index (Phi) is 7.60. The first-order valence-corrected chi connectivity index (χ1v) is 10.6. The van der Waals surface area contributed by atoms with Gasteiger partial charge in [0.05, 0.1) is 32.9 Å². The molecule has 0 aromatic heterocycles. The third kappa shape index (κ3) is 4.96. The minimum absolute atomic E-state index is 0.0437. The number of aliphatic hydroxyl groups excluding tert-OH is 1. The van der Waals surface area contributed by atoms with Crippen LogP contribution in [0.2, 0.25) is 0 Å². The Hall–Kier alpha value is -3.52. The van der Waals surface area contributed by atoms with Gasteiger partial charge in [0.25, 0.3) is 11.7 Å². The minimum atomic E-state index is -0.755. The smallest absolute Gasteiger partial charge is 0.295 e. The molecule has 0 radical (unpaired) electrons. The van der Waals surface area contributed by atoms with Crippen molar-refractivity contribution in [2.45, 2.75) is 12.5 Å². The number of benzene rings is 2. The summed E-state index contributed by atoms with van der Waals surface area (Å²) < 4.78 is 15.9. The van der Waals surface area contributed by atoms with Crippen molar-refractivity contribution in [3.8, 4) is 17.2 Å². The highest BCUT2D eigenvalue weighted by atomic mass is 16.5. The van der Waals surface area contributed by atoms with Gasteiger partial charge in [0.2, 0.25) is 0 Å². The van der Waals surface area contributed by atoms with E-state index in [0.29, 0.717) is 41.3 Å². The lowest BCUT2D eigenvalue weighted by atomic mass is 9.95. The molecule has 8 heteroatoms. The van der Waals surface area contributed by atoms with Crippen molar-refractivity contribution in [3.63, 3.8) is 0 Å². The van der Waals surface area contributed by atoms with Crippen molar-refractivity contribution in [3.05, 3.63) is 59.2 Å². The number of amides is 1. The number of rotatable bonds is 9. The van der Waals surface area contributed by atoms with Crippen LogP contribution in [0.4, 0.5) is 0 Å². The molecule has 1 unspecified atom stereocenters. The van der Waals surface area contributed by atoms with E-state index in [9.17, 15) is 14.7 Å². The molecule has 2 aromatic carbocycles. The van der Waals surface area contributed by atoms with E-state index in [4.69, 9.17) is 14.2 Å². The van der Waals surface area contributed by atoms with Crippen LogP contribution in [-0.4, -0.2) is 75.1 Å². The number of ether oxygens (including phenoxy) is 3. The van der Waals surface area contributed by atoms with Crippen molar-refractivity contribution in [2.75, 3.05) is 48.5 Å². The van der Waals surface area contributed by atoms with Crippen molar-refractivity contribution in [1.29, 1.82) is 0 Å². The molecule has 8 nitrogen and oxygen atoms in total. The standard InChI is InChI=1S/C25H30N2O6/c1-26(2)13-6-14-27-22(17-9-12-19(32-4)20(15-17)33-5)21(24(29)25(27)30)23(28)16-7-10-18(31-3)11-8-16/h7-12,15,22,28H,6,13-14H2,1-5H3/b23-21+. The molecule has 3 rings (SSSR count). The molecule has 176 valence electrons. The number of carbonyl (C=O) groups excluding carboxylic acids is 2. The zero-order chi connectivity index (χ0) is 24.1. The van der Waals surface area contributed by atoms with Gasteiger partial charge in [0, 0.05) is 12.1 Å². The quantitative estimate of drug-likeness (QED) is 0.354. The van der Waals surface area contributed by atoms with Crippen LogP contribution < -0.4 is 14.2 Å². The normalized spacial score (nSPS) is 17.5.